The molecule has 0 aromatic heterocycles. The van der Waals surface area contributed by atoms with Crippen molar-refractivity contribution in [3.63, 3.8) is 0 Å². The summed E-state index contributed by atoms with van der Waals surface area (Å²) in [6.45, 7) is 0. The van der Waals surface area contributed by atoms with Crippen molar-refractivity contribution < 1.29 is 0 Å². The molecule has 0 nitrogen and oxygen atoms in total. The first-order valence-electron chi connectivity index (χ1n) is 12.9. The minimum Gasteiger partial charge on any atom is -0.0801 e. The lowest BCUT2D eigenvalue weighted by Crippen LogP contribution is -2.20. The normalized spacial score (nSPS) is 13.0. The SMILES string of the molecule is C1=CCC(c2c3c(cc(-c4ccccc4)c2=C(c2ccccc2)c2ccccc2)=c2ccccc2=C3)=C1. The standard InChI is InChI=1S/C37H26/c1-4-14-26(15-5-1)32-25-33-31-23-13-12-22-30(31)24-34(33)36(29-20-10-11-21-29)37(32)35(27-16-6-2-7-17-27)28-18-8-3-9-19-28/h1-20,22-25H,21H2. The summed E-state index contributed by atoms with van der Waals surface area (Å²) in [5.41, 5.74) is 10.3. The van der Waals surface area contributed by atoms with E-state index in [0.717, 1.165) is 6.42 Å². The summed E-state index contributed by atoms with van der Waals surface area (Å²) in [6, 6.07) is 43.9. The zero-order chi connectivity index (χ0) is 24.6. The number of benzene rings is 5. The lowest BCUT2D eigenvalue weighted by atomic mass is 9.84. The Kier molecular flexibility index (Phi) is 5.30. The maximum atomic E-state index is 2.43. The van der Waals surface area contributed by atoms with Crippen LogP contribution in [0.3, 0.4) is 0 Å². The summed E-state index contributed by atoms with van der Waals surface area (Å²) in [7, 11) is 0. The minimum atomic E-state index is 0.943. The molecular formula is C37H26. The molecule has 0 atom stereocenters. The predicted octanol–water partition coefficient (Wildman–Crippen LogP) is 7.37. The van der Waals surface area contributed by atoms with Crippen LogP contribution in [0.1, 0.15) is 28.7 Å². The number of rotatable bonds is 4. The fourth-order valence-electron chi connectivity index (χ4n) is 5.83. The molecule has 0 N–H and O–H groups in total. The van der Waals surface area contributed by atoms with Gasteiger partial charge in [0.05, 0.1) is 0 Å². The van der Waals surface area contributed by atoms with Crippen molar-refractivity contribution in [3.8, 4) is 11.1 Å². The highest BCUT2D eigenvalue weighted by Crippen LogP contribution is 2.33. The molecule has 2 aliphatic rings. The summed E-state index contributed by atoms with van der Waals surface area (Å²) in [4.78, 5) is 0. The molecule has 0 bridgehead atoms. The van der Waals surface area contributed by atoms with Gasteiger partial charge >= 0.3 is 0 Å². The third-order valence-electron chi connectivity index (χ3n) is 7.47. The van der Waals surface area contributed by atoms with Crippen LogP contribution < -0.4 is 10.4 Å². The van der Waals surface area contributed by atoms with E-state index in [-0.39, 0.29) is 0 Å². The van der Waals surface area contributed by atoms with Crippen molar-refractivity contribution in [2.45, 2.75) is 6.42 Å². The first-order chi connectivity index (χ1) is 18.4. The van der Waals surface area contributed by atoms with Gasteiger partial charge in [0.1, 0.15) is 0 Å². The van der Waals surface area contributed by atoms with Crippen LogP contribution in [-0.4, -0.2) is 0 Å². The molecular weight excluding hydrogens is 444 g/mol. The highest BCUT2D eigenvalue weighted by Gasteiger charge is 2.21. The average Bonchev–Trinajstić information content (AvgIpc) is 3.63. The van der Waals surface area contributed by atoms with Crippen LogP contribution in [0, 0.1) is 10.4 Å². The van der Waals surface area contributed by atoms with Crippen LogP contribution in [0.4, 0.5) is 0 Å². The van der Waals surface area contributed by atoms with Crippen LogP contribution in [0.5, 0.6) is 0 Å². The van der Waals surface area contributed by atoms with E-state index in [1.807, 2.05) is 0 Å². The Morgan fingerprint density at radius 3 is 1.86 bits per heavy atom. The number of allylic oxidation sites excluding steroid dienone is 4. The van der Waals surface area contributed by atoms with E-state index < -0.39 is 0 Å². The maximum Gasteiger partial charge on any atom is -0.00114 e. The largest absolute Gasteiger partial charge is 0.0801 e. The van der Waals surface area contributed by atoms with E-state index in [2.05, 4.69) is 146 Å². The quantitative estimate of drug-likeness (QED) is 0.252. The molecule has 0 spiro atoms. The molecule has 0 amide bonds. The smallest absolute Gasteiger partial charge is 0.00114 e. The van der Waals surface area contributed by atoms with E-state index in [9.17, 15) is 0 Å². The second-order valence-corrected chi connectivity index (χ2v) is 9.66. The molecule has 0 radical (unpaired) electrons. The third kappa shape index (κ3) is 3.70. The van der Waals surface area contributed by atoms with Crippen molar-refractivity contribution in [2.75, 3.05) is 0 Å². The van der Waals surface area contributed by atoms with Gasteiger partial charge in [0.15, 0.2) is 0 Å². The number of hydrogen-bond donors (Lipinski definition) is 0. The third-order valence-corrected chi connectivity index (χ3v) is 7.47. The monoisotopic (exact) mass is 470 g/mol. The summed E-state index contributed by atoms with van der Waals surface area (Å²) in [6.07, 6.45) is 10.1. The molecule has 5 aromatic carbocycles. The van der Waals surface area contributed by atoms with Crippen LogP contribution in [0.2, 0.25) is 0 Å². The minimum absolute atomic E-state index is 0.943. The van der Waals surface area contributed by atoms with Gasteiger partial charge < -0.3 is 0 Å². The summed E-state index contributed by atoms with van der Waals surface area (Å²) in [5, 5.41) is 5.24. The first kappa shape index (κ1) is 21.6. The van der Waals surface area contributed by atoms with E-state index in [4.69, 9.17) is 0 Å². The summed E-state index contributed by atoms with van der Waals surface area (Å²) in [5.74, 6) is 0. The Morgan fingerprint density at radius 2 is 1.22 bits per heavy atom. The highest BCUT2D eigenvalue weighted by atomic mass is 14.2. The van der Waals surface area contributed by atoms with Crippen molar-refractivity contribution in [1.29, 1.82) is 0 Å². The maximum absolute atomic E-state index is 2.43. The molecule has 7 rings (SSSR count). The van der Waals surface area contributed by atoms with Crippen molar-refractivity contribution in [2.24, 2.45) is 0 Å². The van der Waals surface area contributed by atoms with Crippen LogP contribution in [-0.2, 0) is 0 Å². The van der Waals surface area contributed by atoms with Gasteiger partial charge in [-0.1, -0.05) is 133 Å². The number of hydrogen-bond acceptors (Lipinski definition) is 0. The molecule has 0 aliphatic heterocycles. The van der Waals surface area contributed by atoms with Gasteiger partial charge in [-0.15, -0.1) is 0 Å². The summed E-state index contributed by atoms with van der Waals surface area (Å²) >= 11 is 0. The highest BCUT2D eigenvalue weighted by molar-refractivity contribution is 5.91. The molecule has 174 valence electrons. The van der Waals surface area contributed by atoms with Gasteiger partial charge in [-0.2, -0.15) is 0 Å². The lowest BCUT2D eigenvalue weighted by molar-refractivity contribution is 1.35. The predicted molar refractivity (Wildman–Crippen MR) is 155 cm³/mol. The first-order valence-corrected chi connectivity index (χ1v) is 12.9. The van der Waals surface area contributed by atoms with Crippen molar-refractivity contribution in [1.82, 2.24) is 0 Å². The molecule has 0 saturated carbocycles. The van der Waals surface area contributed by atoms with Crippen molar-refractivity contribution in [3.05, 3.63) is 183 Å². The Morgan fingerprint density at radius 1 is 0.595 bits per heavy atom. The number of fused-ring (bicyclic) bond motifs is 2. The van der Waals surface area contributed by atoms with Crippen molar-refractivity contribution >= 4 is 17.2 Å². The molecule has 0 saturated heterocycles. The molecule has 0 heteroatoms. The fraction of sp³-hybridized carbons (Fsp3) is 0.0270. The molecule has 2 aliphatic carbocycles. The fourth-order valence-corrected chi connectivity index (χ4v) is 5.83. The van der Waals surface area contributed by atoms with E-state index in [1.54, 1.807) is 0 Å². The van der Waals surface area contributed by atoms with Crippen LogP contribution in [0.25, 0.3) is 28.3 Å². The zero-order valence-corrected chi connectivity index (χ0v) is 20.6. The Bertz CT molecular complexity index is 1870. The second-order valence-electron chi connectivity index (χ2n) is 9.66. The lowest BCUT2D eigenvalue weighted by Gasteiger charge is -2.19. The zero-order valence-electron chi connectivity index (χ0n) is 20.6. The molecule has 0 fully saturated rings. The van der Waals surface area contributed by atoms with Gasteiger partial charge in [-0.05, 0) is 84.0 Å². The Labute approximate surface area is 217 Å². The Balaban J connectivity index is 1.78. The van der Waals surface area contributed by atoms with Gasteiger partial charge in [0.25, 0.3) is 0 Å². The second kappa shape index (κ2) is 9.08. The summed E-state index contributed by atoms with van der Waals surface area (Å²) < 4.78 is 0. The average molecular weight is 471 g/mol. The van der Waals surface area contributed by atoms with E-state index >= 15 is 0 Å². The molecule has 0 unspecified atom stereocenters. The van der Waals surface area contributed by atoms with Crippen LogP contribution in [0.15, 0.2) is 140 Å². The van der Waals surface area contributed by atoms with E-state index in [1.165, 1.54) is 65.4 Å². The van der Waals surface area contributed by atoms with Gasteiger partial charge in [-0.3, -0.25) is 0 Å². The van der Waals surface area contributed by atoms with Gasteiger partial charge in [0, 0.05) is 0 Å². The Hall–Kier alpha value is -4.68. The molecule has 5 aromatic rings. The van der Waals surface area contributed by atoms with Crippen LogP contribution >= 0.6 is 0 Å². The van der Waals surface area contributed by atoms with E-state index in [0.29, 0.717) is 0 Å². The van der Waals surface area contributed by atoms with Gasteiger partial charge in [-0.25, -0.2) is 0 Å². The molecule has 0 heterocycles. The van der Waals surface area contributed by atoms with Gasteiger partial charge in [0.2, 0.25) is 0 Å². The topological polar surface area (TPSA) is 0 Å². The molecule has 37 heavy (non-hydrogen) atoms.